The van der Waals surface area contributed by atoms with E-state index in [1.807, 2.05) is 27.7 Å². The quantitative estimate of drug-likeness (QED) is 0.345. The van der Waals surface area contributed by atoms with Crippen LogP contribution in [0.15, 0.2) is 0 Å². The Balaban J connectivity index is 5.05. The Hall–Kier alpha value is -2.16. The molecule has 0 fully saturated rings. The molecule has 0 unspecified atom stereocenters. The van der Waals surface area contributed by atoms with Gasteiger partial charge >= 0.3 is 11.9 Å². The van der Waals surface area contributed by atoms with Gasteiger partial charge in [-0.05, 0) is 24.7 Å². The van der Waals surface area contributed by atoms with Gasteiger partial charge in [0.05, 0.1) is 12.5 Å². The summed E-state index contributed by atoms with van der Waals surface area (Å²) in [6.45, 7) is 7.35. The summed E-state index contributed by atoms with van der Waals surface area (Å²) in [6.07, 6.45) is -0.0414. The zero-order chi connectivity index (χ0) is 19.7. The lowest BCUT2D eigenvalue weighted by Gasteiger charge is -2.24. The van der Waals surface area contributed by atoms with Crippen LogP contribution < -0.4 is 16.4 Å². The highest BCUT2D eigenvalue weighted by Gasteiger charge is 2.29. The van der Waals surface area contributed by atoms with Crippen molar-refractivity contribution in [3.63, 3.8) is 0 Å². The topological polar surface area (TPSA) is 159 Å². The van der Waals surface area contributed by atoms with E-state index in [2.05, 4.69) is 10.6 Å². The first-order valence-corrected chi connectivity index (χ1v) is 8.24. The number of carbonyl (C=O) groups is 4. The lowest BCUT2D eigenvalue weighted by molar-refractivity contribution is -0.143. The van der Waals surface area contributed by atoms with Gasteiger partial charge in [0.15, 0.2) is 0 Å². The maximum absolute atomic E-state index is 12.4. The Morgan fingerprint density at radius 2 is 1.28 bits per heavy atom. The molecule has 2 amide bonds. The minimum Gasteiger partial charge on any atom is -0.481 e. The maximum atomic E-state index is 12.4. The largest absolute Gasteiger partial charge is 0.481 e. The Kier molecular flexibility index (Phi) is 9.73. The minimum absolute atomic E-state index is 0.0418. The van der Waals surface area contributed by atoms with Gasteiger partial charge in [-0.25, -0.2) is 4.79 Å². The molecule has 0 aliphatic rings. The monoisotopic (exact) mass is 359 g/mol. The van der Waals surface area contributed by atoms with Crippen LogP contribution in [-0.2, 0) is 19.2 Å². The molecule has 0 rings (SSSR count). The number of nitrogens with two attached hydrogens (primary N) is 1. The molecule has 0 radical (unpaired) electrons. The van der Waals surface area contributed by atoms with Gasteiger partial charge in [0.1, 0.15) is 12.1 Å². The molecule has 6 N–H and O–H groups in total. The van der Waals surface area contributed by atoms with E-state index in [4.69, 9.17) is 10.8 Å². The molecule has 0 aromatic rings. The first-order chi connectivity index (χ1) is 11.4. The van der Waals surface area contributed by atoms with Crippen molar-refractivity contribution < 1.29 is 29.4 Å². The molecule has 0 heterocycles. The van der Waals surface area contributed by atoms with Crippen LogP contribution in [0.1, 0.15) is 47.0 Å². The standard InChI is InChI=1S/C16H29N3O6/c1-8(2)5-11(18-14(22)10(17)7-13(20)21)15(23)19-12(16(24)25)6-9(3)4/h8-12H,5-7,17H2,1-4H3,(H,18,22)(H,19,23)(H,20,21)(H,24,25)/t10-,11-,12-/m0/s1. The van der Waals surface area contributed by atoms with E-state index in [0.29, 0.717) is 0 Å². The molecule has 0 aromatic carbocycles. The molecule has 0 spiro atoms. The number of rotatable bonds is 11. The van der Waals surface area contributed by atoms with Crippen LogP contribution in [0.25, 0.3) is 0 Å². The molecule has 0 saturated carbocycles. The van der Waals surface area contributed by atoms with E-state index in [1.165, 1.54) is 0 Å². The Morgan fingerprint density at radius 3 is 1.68 bits per heavy atom. The van der Waals surface area contributed by atoms with Gasteiger partial charge in [0, 0.05) is 0 Å². The van der Waals surface area contributed by atoms with Gasteiger partial charge in [-0.15, -0.1) is 0 Å². The molecular formula is C16H29N3O6. The summed E-state index contributed by atoms with van der Waals surface area (Å²) in [5, 5.41) is 22.7. The molecule has 9 heteroatoms. The van der Waals surface area contributed by atoms with Crippen molar-refractivity contribution in [2.24, 2.45) is 17.6 Å². The van der Waals surface area contributed by atoms with Gasteiger partial charge in [0.25, 0.3) is 0 Å². The van der Waals surface area contributed by atoms with E-state index >= 15 is 0 Å². The average Bonchev–Trinajstić information content (AvgIpc) is 2.43. The minimum atomic E-state index is -1.29. The van der Waals surface area contributed by atoms with Crippen molar-refractivity contribution in [2.45, 2.75) is 65.1 Å². The zero-order valence-corrected chi connectivity index (χ0v) is 15.1. The summed E-state index contributed by atoms with van der Waals surface area (Å²) >= 11 is 0. The van der Waals surface area contributed by atoms with Crippen molar-refractivity contribution >= 4 is 23.8 Å². The van der Waals surface area contributed by atoms with Crippen molar-refractivity contribution in [2.75, 3.05) is 0 Å². The second kappa shape index (κ2) is 10.7. The second-order valence-electron chi connectivity index (χ2n) is 6.92. The second-order valence-corrected chi connectivity index (χ2v) is 6.92. The highest BCUT2D eigenvalue weighted by Crippen LogP contribution is 2.09. The third-order valence-corrected chi connectivity index (χ3v) is 3.39. The van der Waals surface area contributed by atoms with E-state index in [0.717, 1.165) is 0 Å². The molecule has 0 aliphatic heterocycles. The Labute approximate surface area is 147 Å². The fraction of sp³-hybridized carbons (Fsp3) is 0.750. The summed E-state index contributed by atoms with van der Waals surface area (Å²) < 4.78 is 0. The molecule has 0 aromatic heterocycles. The van der Waals surface area contributed by atoms with E-state index < -0.39 is 48.3 Å². The van der Waals surface area contributed by atoms with E-state index in [-0.39, 0.29) is 24.7 Å². The van der Waals surface area contributed by atoms with Gasteiger partial charge in [-0.2, -0.15) is 0 Å². The van der Waals surface area contributed by atoms with Crippen molar-refractivity contribution in [1.29, 1.82) is 0 Å². The lowest BCUT2D eigenvalue weighted by Crippen LogP contribution is -2.55. The SMILES string of the molecule is CC(C)C[C@H](NC(=O)[C@H](CC(C)C)NC(=O)[C@@H](N)CC(=O)O)C(=O)O. The lowest BCUT2D eigenvalue weighted by atomic mass is 10.00. The molecular weight excluding hydrogens is 330 g/mol. The van der Waals surface area contributed by atoms with Crippen molar-refractivity contribution in [3.8, 4) is 0 Å². The third kappa shape index (κ3) is 9.65. The fourth-order valence-corrected chi connectivity index (χ4v) is 2.23. The molecule has 0 aliphatic carbocycles. The Bertz CT molecular complexity index is 492. The van der Waals surface area contributed by atoms with Crippen LogP contribution in [-0.4, -0.2) is 52.1 Å². The number of amides is 2. The smallest absolute Gasteiger partial charge is 0.326 e. The number of hydrogen-bond acceptors (Lipinski definition) is 5. The fourth-order valence-electron chi connectivity index (χ4n) is 2.23. The number of nitrogens with one attached hydrogen (secondary N) is 2. The van der Waals surface area contributed by atoms with Gasteiger partial charge in [-0.3, -0.25) is 14.4 Å². The number of carbonyl (C=O) groups excluding carboxylic acids is 2. The number of hydrogen-bond donors (Lipinski definition) is 5. The average molecular weight is 359 g/mol. The molecule has 3 atom stereocenters. The van der Waals surface area contributed by atoms with Crippen LogP contribution in [0, 0.1) is 11.8 Å². The predicted octanol–water partition coefficient (Wildman–Crippen LogP) is -0.0652. The summed E-state index contributed by atoms with van der Waals surface area (Å²) in [7, 11) is 0. The zero-order valence-electron chi connectivity index (χ0n) is 15.1. The van der Waals surface area contributed by atoms with Crippen LogP contribution in [0.2, 0.25) is 0 Å². The van der Waals surface area contributed by atoms with Gasteiger partial charge in [-0.1, -0.05) is 27.7 Å². The molecule has 9 nitrogen and oxygen atoms in total. The number of carboxylic acid groups (broad SMARTS) is 2. The highest BCUT2D eigenvalue weighted by atomic mass is 16.4. The van der Waals surface area contributed by atoms with Crippen molar-refractivity contribution in [1.82, 2.24) is 10.6 Å². The number of carboxylic acids is 2. The predicted molar refractivity (Wildman–Crippen MR) is 90.6 cm³/mol. The highest BCUT2D eigenvalue weighted by molar-refractivity contribution is 5.92. The number of aliphatic carboxylic acids is 2. The Morgan fingerprint density at radius 1 is 0.840 bits per heavy atom. The van der Waals surface area contributed by atoms with Gasteiger partial charge < -0.3 is 26.6 Å². The van der Waals surface area contributed by atoms with Crippen LogP contribution in [0.5, 0.6) is 0 Å². The van der Waals surface area contributed by atoms with Gasteiger partial charge in [0.2, 0.25) is 11.8 Å². The summed E-state index contributed by atoms with van der Waals surface area (Å²) in [5.74, 6) is -3.67. The molecule has 25 heavy (non-hydrogen) atoms. The van der Waals surface area contributed by atoms with Crippen LogP contribution in [0.3, 0.4) is 0 Å². The summed E-state index contributed by atoms with van der Waals surface area (Å²) in [5.41, 5.74) is 5.49. The molecule has 0 saturated heterocycles. The van der Waals surface area contributed by atoms with E-state index in [1.54, 1.807) is 0 Å². The normalized spacial score (nSPS) is 14.7. The maximum Gasteiger partial charge on any atom is 0.326 e. The summed E-state index contributed by atoms with van der Waals surface area (Å²) in [6, 6.07) is -3.33. The van der Waals surface area contributed by atoms with Crippen LogP contribution >= 0.6 is 0 Å². The van der Waals surface area contributed by atoms with Crippen molar-refractivity contribution in [3.05, 3.63) is 0 Å². The van der Waals surface area contributed by atoms with Crippen LogP contribution in [0.4, 0.5) is 0 Å². The first kappa shape index (κ1) is 22.8. The van der Waals surface area contributed by atoms with E-state index in [9.17, 15) is 24.3 Å². The summed E-state index contributed by atoms with van der Waals surface area (Å²) in [4.78, 5) is 46.3. The molecule has 0 bridgehead atoms. The first-order valence-electron chi connectivity index (χ1n) is 8.24. The molecule has 144 valence electrons. The third-order valence-electron chi connectivity index (χ3n) is 3.39.